The Labute approximate surface area is 183 Å². The molecule has 1 aliphatic carbocycles. The zero-order valence-electron chi connectivity index (χ0n) is 17.5. The van der Waals surface area contributed by atoms with Gasteiger partial charge in [0, 0.05) is 27.9 Å². The zero-order valence-corrected chi connectivity index (χ0v) is 18.4. The lowest BCUT2D eigenvalue weighted by molar-refractivity contribution is -0.121. The maximum Gasteiger partial charge on any atom is 0.227 e. The van der Waals surface area contributed by atoms with Gasteiger partial charge in [-0.15, -0.1) is 0 Å². The minimum Gasteiger partial charge on any atom is -0.497 e. The molecule has 1 atom stereocenters. The summed E-state index contributed by atoms with van der Waals surface area (Å²) in [4.78, 5) is 17.3. The first kappa shape index (κ1) is 20.7. The number of fused-ring (bicyclic) bond motifs is 1. The predicted molar refractivity (Wildman–Crippen MR) is 125 cm³/mol. The van der Waals surface area contributed by atoms with Crippen LogP contribution in [0.3, 0.4) is 0 Å². The maximum atomic E-state index is 12.8. The molecule has 1 N–H and O–H groups in total. The molecular weight excluding hydrogens is 392 g/mol. The second-order valence-electron chi connectivity index (χ2n) is 8.25. The topological polar surface area (TPSA) is 51.2 Å². The van der Waals surface area contributed by atoms with E-state index in [0.717, 1.165) is 42.6 Å². The molecule has 1 fully saturated rings. The van der Waals surface area contributed by atoms with Crippen molar-refractivity contribution in [3.05, 3.63) is 66.4 Å². The molecule has 1 aromatic heterocycles. The Kier molecular flexibility index (Phi) is 6.00. The van der Waals surface area contributed by atoms with Crippen LogP contribution >= 0.6 is 12.6 Å². The SMILES string of the molecule is COc1ccc(NC(=O)C(C)C2CCC(S)(c3ccnc4ccccc34)CC2)cc1. The largest absolute Gasteiger partial charge is 0.497 e. The zero-order chi connectivity index (χ0) is 21.1. The molecular formula is C25H28N2O2S. The van der Waals surface area contributed by atoms with E-state index < -0.39 is 0 Å². The minimum atomic E-state index is -0.175. The van der Waals surface area contributed by atoms with E-state index >= 15 is 0 Å². The number of rotatable bonds is 5. The number of hydrogen-bond acceptors (Lipinski definition) is 4. The summed E-state index contributed by atoms with van der Waals surface area (Å²) in [6.45, 7) is 2.04. The van der Waals surface area contributed by atoms with Crippen LogP contribution in [0.2, 0.25) is 0 Å². The van der Waals surface area contributed by atoms with E-state index in [0.29, 0.717) is 5.92 Å². The van der Waals surface area contributed by atoms with Crippen molar-refractivity contribution in [3.8, 4) is 5.75 Å². The average Bonchev–Trinajstić information content (AvgIpc) is 2.79. The molecule has 0 aliphatic heterocycles. The third kappa shape index (κ3) is 4.17. The minimum absolute atomic E-state index is 0.0424. The molecule has 0 spiro atoms. The van der Waals surface area contributed by atoms with Crippen LogP contribution in [-0.4, -0.2) is 18.0 Å². The molecule has 0 radical (unpaired) electrons. The van der Waals surface area contributed by atoms with Gasteiger partial charge in [0.1, 0.15) is 5.75 Å². The summed E-state index contributed by atoms with van der Waals surface area (Å²) < 4.78 is 5.00. The average molecular weight is 421 g/mol. The molecule has 4 nitrogen and oxygen atoms in total. The van der Waals surface area contributed by atoms with E-state index in [9.17, 15) is 4.79 Å². The van der Waals surface area contributed by atoms with Gasteiger partial charge in [-0.3, -0.25) is 9.78 Å². The first-order valence-corrected chi connectivity index (χ1v) is 11.0. The molecule has 1 heterocycles. The first-order valence-electron chi connectivity index (χ1n) is 10.5. The highest BCUT2D eigenvalue weighted by Gasteiger charge is 2.37. The number of pyridine rings is 1. The molecule has 0 bridgehead atoms. The molecule has 0 saturated heterocycles. The molecule has 156 valence electrons. The first-order chi connectivity index (χ1) is 14.5. The highest BCUT2D eigenvalue weighted by atomic mass is 32.1. The van der Waals surface area contributed by atoms with Crippen molar-refractivity contribution in [2.45, 2.75) is 37.4 Å². The van der Waals surface area contributed by atoms with Crippen LogP contribution in [0.5, 0.6) is 5.75 Å². The van der Waals surface area contributed by atoms with Crippen molar-refractivity contribution >= 4 is 35.1 Å². The Hall–Kier alpha value is -2.53. The third-order valence-corrected chi connectivity index (χ3v) is 7.17. The van der Waals surface area contributed by atoms with Gasteiger partial charge in [0.05, 0.1) is 12.6 Å². The van der Waals surface area contributed by atoms with E-state index in [1.807, 2.05) is 49.5 Å². The second kappa shape index (κ2) is 8.68. The summed E-state index contributed by atoms with van der Waals surface area (Å²) in [6, 6.07) is 17.8. The van der Waals surface area contributed by atoms with Crippen LogP contribution in [0, 0.1) is 11.8 Å². The van der Waals surface area contributed by atoms with Gasteiger partial charge in [0.25, 0.3) is 0 Å². The van der Waals surface area contributed by atoms with Crippen LogP contribution in [-0.2, 0) is 9.54 Å². The number of nitrogens with zero attached hydrogens (tertiary/aromatic N) is 1. The number of aromatic nitrogens is 1. The number of ether oxygens (including phenoxy) is 1. The lowest BCUT2D eigenvalue weighted by Gasteiger charge is -2.39. The number of para-hydroxylation sites is 1. The highest BCUT2D eigenvalue weighted by Crippen LogP contribution is 2.48. The fourth-order valence-electron chi connectivity index (χ4n) is 4.53. The summed E-state index contributed by atoms with van der Waals surface area (Å²) >= 11 is 5.13. The Morgan fingerprint density at radius 3 is 2.53 bits per heavy atom. The van der Waals surface area contributed by atoms with Gasteiger partial charge >= 0.3 is 0 Å². The molecule has 2 aromatic carbocycles. The van der Waals surface area contributed by atoms with Gasteiger partial charge in [-0.1, -0.05) is 25.1 Å². The standard InChI is InChI=1S/C25H28N2O2S/c1-17(24(28)27-19-7-9-20(29-2)10-8-19)18-11-14-25(30,15-12-18)22-13-16-26-23-6-4-3-5-21(22)23/h3-10,13,16-18,30H,11-12,14-15H2,1-2H3,(H,27,28). The molecule has 30 heavy (non-hydrogen) atoms. The van der Waals surface area contributed by atoms with Crippen LogP contribution < -0.4 is 10.1 Å². The number of hydrogen-bond donors (Lipinski definition) is 2. The van der Waals surface area contributed by atoms with Gasteiger partial charge < -0.3 is 10.1 Å². The Morgan fingerprint density at radius 1 is 1.13 bits per heavy atom. The number of carbonyl (C=O) groups is 1. The van der Waals surface area contributed by atoms with E-state index in [4.69, 9.17) is 17.4 Å². The second-order valence-corrected chi connectivity index (χ2v) is 9.11. The summed E-state index contributed by atoms with van der Waals surface area (Å²) in [5.41, 5.74) is 3.07. The molecule has 1 amide bonds. The fraction of sp³-hybridized carbons (Fsp3) is 0.360. The van der Waals surface area contributed by atoms with Crippen LogP contribution in [0.25, 0.3) is 10.9 Å². The van der Waals surface area contributed by atoms with Crippen molar-refractivity contribution in [3.63, 3.8) is 0 Å². The van der Waals surface area contributed by atoms with E-state index in [2.05, 4.69) is 28.5 Å². The predicted octanol–water partition coefficient (Wildman–Crippen LogP) is 5.83. The van der Waals surface area contributed by atoms with Crippen molar-refractivity contribution in [1.29, 1.82) is 0 Å². The van der Waals surface area contributed by atoms with Gasteiger partial charge in [-0.25, -0.2) is 0 Å². The van der Waals surface area contributed by atoms with E-state index in [1.165, 1.54) is 10.9 Å². The summed E-state index contributed by atoms with van der Waals surface area (Å²) in [5.74, 6) is 1.17. The normalized spacial score (nSPS) is 22.4. The number of amides is 1. The highest BCUT2D eigenvalue weighted by molar-refractivity contribution is 7.81. The summed E-state index contributed by atoms with van der Waals surface area (Å²) in [5, 5.41) is 4.22. The van der Waals surface area contributed by atoms with Crippen molar-refractivity contribution in [1.82, 2.24) is 4.98 Å². The van der Waals surface area contributed by atoms with Crippen LogP contribution in [0.15, 0.2) is 60.8 Å². The lowest BCUT2D eigenvalue weighted by Crippen LogP contribution is -2.33. The number of anilines is 1. The van der Waals surface area contributed by atoms with Crippen molar-refractivity contribution < 1.29 is 9.53 Å². The summed E-state index contributed by atoms with van der Waals surface area (Å²) in [7, 11) is 1.63. The van der Waals surface area contributed by atoms with Crippen molar-refractivity contribution in [2.75, 3.05) is 12.4 Å². The molecule has 5 heteroatoms. The van der Waals surface area contributed by atoms with E-state index in [1.54, 1.807) is 7.11 Å². The number of nitrogens with one attached hydrogen (secondary N) is 1. The Bertz CT molecular complexity index is 1020. The van der Waals surface area contributed by atoms with Gasteiger partial charge in [0.2, 0.25) is 5.91 Å². The van der Waals surface area contributed by atoms with Crippen LogP contribution in [0.4, 0.5) is 5.69 Å². The smallest absolute Gasteiger partial charge is 0.227 e. The van der Waals surface area contributed by atoms with Crippen LogP contribution in [0.1, 0.15) is 38.2 Å². The number of carbonyl (C=O) groups excluding carboxylic acids is 1. The molecule has 1 aliphatic rings. The molecule has 1 unspecified atom stereocenters. The quantitative estimate of drug-likeness (QED) is 0.510. The Morgan fingerprint density at radius 2 is 1.83 bits per heavy atom. The Balaban J connectivity index is 1.42. The molecule has 3 aromatic rings. The van der Waals surface area contributed by atoms with Gasteiger partial charge in [-0.2, -0.15) is 12.6 Å². The fourth-order valence-corrected chi connectivity index (χ4v) is 4.99. The maximum absolute atomic E-state index is 12.8. The monoisotopic (exact) mass is 420 g/mol. The number of thiol groups is 1. The van der Waals surface area contributed by atoms with Gasteiger partial charge in [-0.05, 0) is 73.6 Å². The number of methoxy groups -OCH3 is 1. The van der Waals surface area contributed by atoms with Crippen molar-refractivity contribution in [2.24, 2.45) is 11.8 Å². The molecule has 4 rings (SSSR count). The lowest BCUT2D eigenvalue weighted by atomic mass is 9.73. The molecule has 1 saturated carbocycles. The number of benzene rings is 2. The third-order valence-electron chi connectivity index (χ3n) is 6.49. The summed E-state index contributed by atoms with van der Waals surface area (Å²) in [6.07, 6.45) is 5.76. The van der Waals surface area contributed by atoms with Gasteiger partial charge in [0.15, 0.2) is 0 Å². The van der Waals surface area contributed by atoms with E-state index in [-0.39, 0.29) is 16.6 Å².